The normalized spacial score (nSPS) is 11.1. The fourth-order valence-corrected chi connectivity index (χ4v) is 4.16. The molecule has 0 aliphatic rings. The Morgan fingerprint density at radius 1 is 1.15 bits per heavy atom. The SMILES string of the molecule is COc1ccc(Cn2c(=O)c3c(O)c(C=O)sc3c3ccccc32)cc1. The third-order valence-corrected chi connectivity index (χ3v) is 5.55. The molecule has 4 aromatic rings. The molecule has 0 saturated carbocycles. The van der Waals surface area contributed by atoms with Gasteiger partial charge in [0.15, 0.2) is 6.29 Å². The summed E-state index contributed by atoms with van der Waals surface area (Å²) in [5, 5.41) is 11.4. The topological polar surface area (TPSA) is 68.5 Å². The number of thiophene rings is 1. The van der Waals surface area contributed by atoms with Gasteiger partial charge in [-0.05, 0) is 23.8 Å². The molecule has 4 rings (SSSR count). The summed E-state index contributed by atoms with van der Waals surface area (Å²) < 4.78 is 7.43. The highest BCUT2D eigenvalue weighted by Crippen LogP contribution is 2.37. The maximum Gasteiger partial charge on any atom is 0.263 e. The van der Waals surface area contributed by atoms with Gasteiger partial charge in [0, 0.05) is 5.39 Å². The van der Waals surface area contributed by atoms with Crippen molar-refractivity contribution in [2.24, 2.45) is 0 Å². The Bertz CT molecular complexity index is 1190. The van der Waals surface area contributed by atoms with Crippen molar-refractivity contribution in [2.45, 2.75) is 6.54 Å². The molecule has 0 aliphatic carbocycles. The molecule has 0 spiro atoms. The Morgan fingerprint density at radius 3 is 2.58 bits per heavy atom. The molecular formula is C20H15NO4S. The van der Waals surface area contributed by atoms with Crippen LogP contribution in [0.2, 0.25) is 0 Å². The van der Waals surface area contributed by atoms with Gasteiger partial charge in [-0.1, -0.05) is 30.3 Å². The number of ether oxygens (including phenoxy) is 1. The van der Waals surface area contributed by atoms with Gasteiger partial charge in [0.25, 0.3) is 5.56 Å². The Balaban J connectivity index is 2.00. The number of carbonyl (C=O) groups is 1. The maximum atomic E-state index is 13.1. The molecule has 0 aliphatic heterocycles. The zero-order valence-corrected chi connectivity index (χ0v) is 14.7. The van der Waals surface area contributed by atoms with Crippen LogP contribution < -0.4 is 10.3 Å². The van der Waals surface area contributed by atoms with Gasteiger partial charge in [0.1, 0.15) is 21.8 Å². The molecule has 2 heterocycles. The van der Waals surface area contributed by atoms with Crippen molar-refractivity contribution in [2.75, 3.05) is 7.11 Å². The van der Waals surface area contributed by atoms with Gasteiger partial charge >= 0.3 is 0 Å². The predicted molar refractivity (Wildman–Crippen MR) is 103 cm³/mol. The number of rotatable bonds is 4. The molecule has 5 nitrogen and oxygen atoms in total. The van der Waals surface area contributed by atoms with Crippen molar-refractivity contribution >= 4 is 38.6 Å². The van der Waals surface area contributed by atoms with Crippen molar-refractivity contribution in [1.29, 1.82) is 0 Å². The highest BCUT2D eigenvalue weighted by Gasteiger charge is 2.19. The average molecular weight is 365 g/mol. The van der Waals surface area contributed by atoms with Crippen LogP contribution in [-0.2, 0) is 6.54 Å². The molecule has 0 atom stereocenters. The van der Waals surface area contributed by atoms with E-state index in [-0.39, 0.29) is 21.6 Å². The largest absolute Gasteiger partial charge is 0.505 e. The number of fused-ring (bicyclic) bond motifs is 3. The van der Waals surface area contributed by atoms with E-state index in [0.717, 1.165) is 33.6 Å². The van der Waals surface area contributed by atoms with Gasteiger partial charge in [-0.15, -0.1) is 11.3 Å². The summed E-state index contributed by atoms with van der Waals surface area (Å²) in [5.74, 6) is 0.506. The lowest BCUT2D eigenvalue weighted by molar-refractivity contribution is 0.112. The van der Waals surface area contributed by atoms with Crippen LogP contribution in [0.15, 0.2) is 53.3 Å². The van der Waals surface area contributed by atoms with E-state index >= 15 is 0 Å². The van der Waals surface area contributed by atoms with Gasteiger partial charge < -0.3 is 14.4 Å². The third kappa shape index (κ3) is 2.46. The monoisotopic (exact) mass is 365 g/mol. The molecule has 6 heteroatoms. The smallest absolute Gasteiger partial charge is 0.263 e. The van der Waals surface area contributed by atoms with Crippen LogP contribution in [0, 0.1) is 0 Å². The number of carbonyl (C=O) groups excluding carboxylic acids is 1. The molecule has 0 fully saturated rings. The molecule has 0 amide bonds. The van der Waals surface area contributed by atoms with E-state index in [9.17, 15) is 14.7 Å². The standard InChI is InChI=1S/C20H15NO4S/c1-25-13-8-6-12(7-9-13)10-21-15-5-3-2-4-14(15)19-17(20(21)24)18(23)16(11-22)26-19/h2-9,11,23H,10H2,1H3. The molecule has 1 N–H and O–H groups in total. The van der Waals surface area contributed by atoms with E-state index in [0.29, 0.717) is 17.5 Å². The van der Waals surface area contributed by atoms with Crippen molar-refractivity contribution in [1.82, 2.24) is 4.57 Å². The second kappa shape index (κ2) is 6.31. The number of methoxy groups -OCH3 is 1. The van der Waals surface area contributed by atoms with Crippen LogP contribution >= 0.6 is 11.3 Å². The van der Waals surface area contributed by atoms with Crippen LogP contribution in [0.5, 0.6) is 11.5 Å². The highest BCUT2D eigenvalue weighted by atomic mass is 32.1. The zero-order valence-electron chi connectivity index (χ0n) is 13.9. The van der Waals surface area contributed by atoms with E-state index in [1.54, 1.807) is 11.7 Å². The van der Waals surface area contributed by atoms with Crippen molar-refractivity contribution in [3.8, 4) is 11.5 Å². The molecule has 0 saturated heterocycles. The molecule has 26 heavy (non-hydrogen) atoms. The number of hydrogen-bond acceptors (Lipinski definition) is 5. The summed E-state index contributed by atoms with van der Waals surface area (Å²) in [4.78, 5) is 24.5. The molecule has 130 valence electrons. The van der Waals surface area contributed by atoms with Crippen molar-refractivity contribution in [3.05, 3.63) is 69.3 Å². The minimum Gasteiger partial charge on any atom is -0.505 e. The summed E-state index contributed by atoms with van der Waals surface area (Å²) in [6.07, 6.45) is 0.585. The van der Waals surface area contributed by atoms with Crippen LogP contribution in [0.4, 0.5) is 0 Å². The van der Waals surface area contributed by atoms with E-state index < -0.39 is 0 Å². The fourth-order valence-electron chi connectivity index (χ4n) is 3.12. The summed E-state index contributed by atoms with van der Waals surface area (Å²) in [5.41, 5.74) is 1.39. The third-order valence-electron chi connectivity index (χ3n) is 4.41. The van der Waals surface area contributed by atoms with Gasteiger partial charge in [-0.25, -0.2) is 0 Å². The van der Waals surface area contributed by atoms with Gasteiger partial charge in [-0.3, -0.25) is 9.59 Å². The maximum absolute atomic E-state index is 13.1. The van der Waals surface area contributed by atoms with Crippen LogP contribution in [-0.4, -0.2) is 23.1 Å². The number of aromatic nitrogens is 1. The van der Waals surface area contributed by atoms with E-state index in [1.165, 1.54) is 0 Å². The molecule has 2 aromatic heterocycles. The number of hydrogen-bond donors (Lipinski definition) is 1. The lowest BCUT2D eigenvalue weighted by Crippen LogP contribution is -2.21. The fraction of sp³-hybridized carbons (Fsp3) is 0.100. The Labute approximate surface area is 152 Å². The average Bonchev–Trinajstić information content (AvgIpc) is 3.02. The molecule has 0 bridgehead atoms. The second-order valence-corrected chi connectivity index (χ2v) is 6.95. The summed E-state index contributed by atoms with van der Waals surface area (Å²) in [7, 11) is 1.60. The zero-order chi connectivity index (χ0) is 18.3. The van der Waals surface area contributed by atoms with Crippen molar-refractivity contribution < 1.29 is 14.6 Å². The number of aldehydes is 1. The number of nitrogens with zero attached hydrogens (tertiary/aromatic N) is 1. The van der Waals surface area contributed by atoms with E-state index in [4.69, 9.17) is 4.74 Å². The minimum atomic E-state index is -0.309. The predicted octanol–water partition coefficient (Wildman–Crippen LogP) is 3.79. The quantitative estimate of drug-likeness (QED) is 0.559. The first-order valence-electron chi connectivity index (χ1n) is 7.99. The molecule has 0 radical (unpaired) electrons. The van der Waals surface area contributed by atoms with Crippen LogP contribution in [0.3, 0.4) is 0 Å². The number of para-hydroxylation sites is 1. The van der Waals surface area contributed by atoms with E-state index in [1.807, 2.05) is 48.5 Å². The van der Waals surface area contributed by atoms with Crippen molar-refractivity contribution in [3.63, 3.8) is 0 Å². The van der Waals surface area contributed by atoms with Gasteiger partial charge in [-0.2, -0.15) is 0 Å². The Hall–Kier alpha value is -3.12. The molecule has 2 aromatic carbocycles. The first-order valence-corrected chi connectivity index (χ1v) is 8.80. The number of benzene rings is 2. The lowest BCUT2D eigenvalue weighted by Gasteiger charge is -2.12. The number of aromatic hydroxyl groups is 1. The first-order chi connectivity index (χ1) is 12.6. The minimum absolute atomic E-state index is 0.171. The first kappa shape index (κ1) is 16.4. The Morgan fingerprint density at radius 2 is 1.88 bits per heavy atom. The molecular weight excluding hydrogens is 350 g/mol. The molecule has 0 unspecified atom stereocenters. The highest BCUT2D eigenvalue weighted by molar-refractivity contribution is 7.22. The number of pyridine rings is 1. The van der Waals surface area contributed by atoms with Gasteiger partial charge in [0.05, 0.1) is 23.9 Å². The van der Waals surface area contributed by atoms with E-state index in [2.05, 4.69) is 0 Å². The second-order valence-electron chi connectivity index (χ2n) is 5.89. The lowest BCUT2D eigenvalue weighted by atomic mass is 10.1. The van der Waals surface area contributed by atoms with Crippen LogP contribution in [0.1, 0.15) is 15.2 Å². The summed E-state index contributed by atoms with van der Waals surface area (Å²) >= 11 is 1.14. The summed E-state index contributed by atoms with van der Waals surface area (Å²) in [6, 6.07) is 15.0. The Kier molecular flexibility index (Phi) is 3.97. The summed E-state index contributed by atoms with van der Waals surface area (Å²) in [6.45, 7) is 0.352. The van der Waals surface area contributed by atoms with Crippen LogP contribution in [0.25, 0.3) is 21.0 Å². The van der Waals surface area contributed by atoms with Gasteiger partial charge in [0.2, 0.25) is 0 Å².